The topological polar surface area (TPSA) is 97.8 Å². The van der Waals surface area contributed by atoms with Gasteiger partial charge in [-0.05, 0) is 6.07 Å². The Bertz CT molecular complexity index is 1030. The average molecular weight is 319 g/mol. The van der Waals surface area contributed by atoms with Crippen molar-refractivity contribution in [2.45, 2.75) is 6.18 Å². The smallest absolute Gasteiger partial charge is 0.368 e. The number of hydrogen-bond donors (Lipinski definition) is 2. The first-order valence-electron chi connectivity index (χ1n) is 6.47. The zero-order chi connectivity index (χ0) is 16.2. The molecule has 0 radical (unpaired) electrons. The monoisotopic (exact) mass is 319 g/mol. The molecule has 0 unspecified atom stereocenters. The number of H-pyrrole nitrogens is 1. The van der Waals surface area contributed by atoms with Crippen molar-refractivity contribution in [3.05, 3.63) is 36.2 Å². The van der Waals surface area contributed by atoms with Crippen LogP contribution in [0, 0.1) is 0 Å². The molecule has 0 aliphatic rings. The second-order valence-electron chi connectivity index (χ2n) is 4.79. The summed E-state index contributed by atoms with van der Waals surface area (Å²) in [6.45, 7) is 0. The average Bonchev–Trinajstić information content (AvgIpc) is 3.12. The van der Waals surface area contributed by atoms with E-state index in [4.69, 9.17) is 5.73 Å². The molecule has 3 aromatic heterocycles. The molecular formula is C13H8F3N7. The van der Waals surface area contributed by atoms with Crippen LogP contribution in [-0.4, -0.2) is 29.5 Å². The lowest BCUT2D eigenvalue weighted by molar-refractivity contribution is -0.137. The maximum atomic E-state index is 13.2. The number of anilines is 1. The Hall–Kier alpha value is -3.17. The minimum Gasteiger partial charge on any atom is -0.368 e. The van der Waals surface area contributed by atoms with E-state index < -0.39 is 11.7 Å². The summed E-state index contributed by atoms with van der Waals surface area (Å²) in [6.07, 6.45) is -3.11. The van der Waals surface area contributed by atoms with Crippen LogP contribution in [0.1, 0.15) is 5.56 Å². The van der Waals surface area contributed by atoms with Crippen LogP contribution in [0.5, 0.6) is 0 Å². The molecule has 0 fully saturated rings. The first-order valence-corrected chi connectivity index (χ1v) is 6.47. The molecule has 0 aliphatic heterocycles. The summed E-state index contributed by atoms with van der Waals surface area (Å²) in [4.78, 5) is 15.0. The summed E-state index contributed by atoms with van der Waals surface area (Å²) in [5.74, 6) is -0.101. The van der Waals surface area contributed by atoms with Crippen LogP contribution in [0.4, 0.5) is 19.1 Å². The maximum absolute atomic E-state index is 13.2. The molecule has 0 amide bonds. The number of hydrogen-bond acceptors (Lipinski definition) is 5. The number of fused-ring (bicyclic) bond motifs is 3. The molecule has 0 aliphatic carbocycles. The molecule has 0 spiro atoms. The number of rotatable bonds is 1. The molecule has 0 saturated carbocycles. The Kier molecular flexibility index (Phi) is 2.59. The molecule has 10 heteroatoms. The van der Waals surface area contributed by atoms with Gasteiger partial charge in [0, 0.05) is 5.56 Å². The van der Waals surface area contributed by atoms with Crippen LogP contribution in [0.15, 0.2) is 30.6 Å². The van der Waals surface area contributed by atoms with Gasteiger partial charge in [-0.3, -0.25) is 0 Å². The normalized spacial score (nSPS) is 12.3. The van der Waals surface area contributed by atoms with Gasteiger partial charge in [-0.1, -0.05) is 18.2 Å². The van der Waals surface area contributed by atoms with Gasteiger partial charge in [0.1, 0.15) is 5.52 Å². The number of benzene rings is 1. The molecular weight excluding hydrogens is 311 g/mol. The fourth-order valence-corrected chi connectivity index (χ4v) is 2.37. The summed E-state index contributed by atoms with van der Waals surface area (Å²) >= 11 is 0. The third-order valence-electron chi connectivity index (χ3n) is 3.36. The van der Waals surface area contributed by atoms with Crippen molar-refractivity contribution in [1.82, 2.24) is 29.5 Å². The number of halogens is 3. The number of aromatic amines is 1. The van der Waals surface area contributed by atoms with Gasteiger partial charge in [0.2, 0.25) is 5.95 Å². The highest BCUT2D eigenvalue weighted by molar-refractivity contribution is 5.87. The molecule has 0 atom stereocenters. The lowest BCUT2D eigenvalue weighted by Crippen LogP contribution is -2.07. The highest BCUT2D eigenvalue weighted by Crippen LogP contribution is 2.36. The third kappa shape index (κ3) is 1.99. The molecule has 7 nitrogen and oxygen atoms in total. The van der Waals surface area contributed by atoms with Crippen molar-refractivity contribution >= 4 is 22.8 Å². The first kappa shape index (κ1) is 13.5. The highest BCUT2D eigenvalue weighted by atomic mass is 19.4. The Morgan fingerprint density at radius 1 is 1.13 bits per heavy atom. The van der Waals surface area contributed by atoms with Gasteiger partial charge in [0.05, 0.1) is 11.9 Å². The number of nitrogens with zero attached hydrogens (tertiary/aromatic N) is 5. The molecule has 0 saturated heterocycles. The Morgan fingerprint density at radius 2 is 1.91 bits per heavy atom. The molecule has 0 bridgehead atoms. The summed E-state index contributed by atoms with van der Waals surface area (Å²) in [6, 6.07) is 5.09. The van der Waals surface area contributed by atoms with Crippen LogP contribution in [-0.2, 0) is 6.18 Å². The van der Waals surface area contributed by atoms with Crippen molar-refractivity contribution in [3.63, 3.8) is 0 Å². The lowest BCUT2D eigenvalue weighted by Gasteiger charge is -2.09. The van der Waals surface area contributed by atoms with Crippen molar-refractivity contribution in [2.24, 2.45) is 0 Å². The van der Waals surface area contributed by atoms with E-state index in [1.807, 2.05) is 0 Å². The first-order chi connectivity index (χ1) is 10.9. The van der Waals surface area contributed by atoms with Gasteiger partial charge in [-0.2, -0.15) is 22.7 Å². The molecule has 3 N–H and O–H groups in total. The van der Waals surface area contributed by atoms with E-state index in [9.17, 15) is 13.2 Å². The van der Waals surface area contributed by atoms with Crippen LogP contribution < -0.4 is 5.73 Å². The fourth-order valence-electron chi connectivity index (χ4n) is 2.37. The number of imidazole rings is 1. The largest absolute Gasteiger partial charge is 0.417 e. The minimum absolute atomic E-state index is 0.0113. The van der Waals surface area contributed by atoms with Crippen molar-refractivity contribution in [2.75, 3.05) is 5.73 Å². The van der Waals surface area contributed by atoms with Crippen LogP contribution in [0.3, 0.4) is 0 Å². The number of nitrogens with two attached hydrogens (primary N) is 1. The summed E-state index contributed by atoms with van der Waals surface area (Å²) < 4.78 is 40.7. The van der Waals surface area contributed by atoms with E-state index in [0.29, 0.717) is 11.2 Å². The van der Waals surface area contributed by atoms with E-state index in [0.717, 1.165) is 6.07 Å². The van der Waals surface area contributed by atoms with E-state index >= 15 is 0 Å². The molecule has 23 heavy (non-hydrogen) atoms. The maximum Gasteiger partial charge on any atom is 0.417 e. The number of nitrogens with one attached hydrogen (secondary N) is 1. The lowest BCUT2D eigenvalue weighted by atomic mass is 10.1. The van der Waals surface area contributed by atoms with E-state index in [-0.39, 0.29) is 23.0 Å². The standard InChI is InChI=1S/C13H8F3N7/c14-13(15,16)7-4-2-1-3-6(7)9-20-11-8-10(19-5-18-8)21-12(17)23(11)22-9/h1-5H,(H2,17,21)(H,18,19). The van der Waals surface area contributed by atoms with E-state index in [2.05, 4.69) is 25.0 Å². The predicted molar refractivity (Wildman–Crippen MR) is 75.3 cm³/mol. The number of aromatic nitrogens is 6. The van der Waals surface area contributed by atoms with Crippen LogP contribution >= 0.6 is 0 Å². The summed E-state index contributed by atoms with van der Waals surface area (Å²) in [5.41, 5.74) is 5.85. The summed E-state index contributed by atoms with van der Waals surface area (Å²) in [7, 11) is 0. The van der Waals surface area contributed by atoms with Crippen molar-refractivity contribution in [1.29, 1.82) is 0 Å². The molecule has 4 aromatic rings. The molecule has 1 aromatic carbocycles. The van der Waals surface area contributed by atoms with Crippen LogP contribution in [0.25, 0.3) is 28.2 Å². The highest BCUT2D eigenvalue weighted by Gasteiger charge is 2.34. The van der Waals surface area contributed by atoms with Gasteiger partial charge in [-0.15, -0.1) is 5.10 Å². The zero-order valence-corrected chi connectivity index (χ0v) is 11.3. The Labute approximate surface area is 126 Å². The molecule has 116 valence electrons. The SMILES string of the molecule is Nc1nc2nc[nH]c2c2nc(-c3ccccc3C(F)(F)F)nn12. The van der Waals surface area contributed by atoms with Gasteiger partial charge in [0.15, 0.2) is 17.1 Å². The minimum atomic E-state index is -4.51. The van der Waals surface area contributed by atoms with E-state index in [1.54, 1.807) is 0 Å². The number of alkyl halides is 3. The predicted octanol–water partition coefficient (Wildman–Crippen LogP) is 2.27. The van der Waals surface area contributed by atoms with Crippen molar-refractivity contribution < 1.29 is 13.2 Å². The van der Waals surface area contributed by atoms with Crippen molar-refractivity contribution in [3.8, 4) is 11.4 Å². The Balaban J connectivity index is 2.03. The quantitative estimate of drug-likeness (QED) is 0.561. The summed E-state index contributed by atoms with van der Waals surface area (Å²) in [5, 5.41) is 4.06. The van der Waals surface area contributed by atoms with Crippen LogP contribution in [0.2, 0.25) is 0 Å². The second-order valence-corrected chi connectivity index (χ2v) is 4.79. The zero-order valence-electron chi connectivity index (χ0n) is 11.3. The number of nitrogen functional groups attached to an aromatic ring is 1. The van der Waals surface area contributed by atoms with Gasteiger partial charge < -0.3 is 10.7 Å². The van der Waals surface area contributed by atoms with Gasteiger partial charge in [-0.25, -0.2) is 9.97 Å². The fraction of sp³-hybridized carbons (Fsp3) is 0.0769. The second kappa shape index (κ2) is 4.41. The Morgan fingerprint density at radius 3 is 2.70 bits per heavy atom. The van der Waals surface area contributed by atoms with Gasteiger partial charge >= 0.3 is 6.18 Å². The van der Waals surface area contributed by atoms with E-state index in [1.165, 1.54) is 29.0 Å². The third-order valence-corrected chi connectivity index (χ3v) is 3.36. The molecule has 4 rings (SSSR count). The molecule has 3 heterocycles. The van der Waals surface area contributed by atoms with Gasteiger partial charge in [0.25, 0.3) is 0 Å².